The van der Waals surface area contributed by atoms with Gasteiger partial charge in [-0.05, 0) is 19.9 Å². The lowest BCUT2D eigenvalue weighted by Crippen LogP contribution is -2.65. The lowest BCUT2D eigenvalue weighted by atomic mass is 9.82. The molecule has 2 amide bonds. The van der Waals surface area contributed by atoms with Crippen LogP contribution in [0, 0.1) is 17.6 Å². The normalized spacial score (nSPS) is 26.3. The first kappa shape index (κ1) is 19.4. The number of carbonyl (C=O) groups is 2. The molecule has 0 spiro atoms. The topological polar surface area (TPSA) is 102 Å². The summed E-state index contributed by atoms with van der Waals surface area (Å²) in [6, 6.07) is 2.19. The van der Waals surface area contributed by atoms with E-state index < -0.39 is 29.8 Å². The Kier molecular flexibility index (Phi) is 5.54. The van der Waals surface area contributed by atoms with E-state index in [9.17, 15) is 23.5 Å². The van der Waals surface area contributed by atoms with Crippen molar-refractivity contribution in [3.8, 4) is 0 Å². The van der Waals surface area contributed by atoms with Crippen molar-refractivity contribution in [3.05, 3.63) is 46.5 Å². The minimum absolute atomic E-state index is 0.154. The number of halogens is 2. The van der Waals surface area contributed by atoms with Gasteiger partial charge in [0, 0.05) is 29.7 Å². The fourth-order valence-electron chi connectivity index (χ4n) is 3.63. The first-order chi connectivity index (χ1) is 12.8. The van der Waals surface area contributed by atoms with Gasteiger partial charge in [-0.1, -0.05) is 11.6 Å². The number of nitrogens with one attached hydrogen (secondary N) is 4. The Morgan fingerprint density at radius 1 is 1.41 bits per heavy atom. The highest BCUT2D eigenvalue weighted by Gasteiger charge is 2.40. The lowest BCUT2D eigenvalue weighted by molar-refractivity contribution is -0.125. The van der Waals surface area contributed by atoms with Crippen LogP contribution in [-0.4, -0.2) is 35.7 Å². The van der Waals surface area contributed by atoms with Crippen LogP contribution in [0.2, 0.25) is 0 Å². The monoisotopic (exact) mass is 380 g/mol. The van der Waals surface area contributed by atoms with E-state index in [0.717, 1.165) is 12.1 Å². The molecule has 7 nitrogen and oxygen atoms in total. The van der Waals surface area contributed by atoms with Crippen molar-refractivity contribution in [2.75, 3.05) is 6.54 Å². The van der Waals surface area contributed by atoms with Crippen molar-refractivity contribution < 1.29 is 23.5 Å². The van der Waals surface area contributed by atoms with E-state index in [1.54, 1.807) is 13.8 Å². The molecule has 0 saturated carbocycles. The molecule has 1 fully saturated rings. The van der Waals surface area contributed by atoms with Gasteiger partial charge < -0.3 is 15.7 Å². The quantitative estimate of drug-likeness (QED) is 0.520. The molecule has 3 unspecified atom stereocenters. The third-order valence-corrected chi connectivity index (χ3v) is 5.06. The van der Waals surface area contributed by atoms with Gasteiger partial charge in [0.15, 0.2) is 0 Å². The second-order valence-electron chi connectivity index (χ2n) is 6.87. The maximum atomic E-state index is 13.9. The maximum Gasteiger partial charge on any atom is 0.247 e. The van der Waals surface area contributed by atoms with Gasteiger partial charge in [-0.25, -0.2) is 14.2 Å². The third kappa shape index (κ3) is 4.00. The summed E-state index contributed by atoms with van der Waals surface area (Å²) in [5.74, 6) is -2.62. The second-order valence-corrected chi connectivity index (χ2v) is 6.87. The van der Waals surface area contributed by atoms with Crippen LogP contribution in [0.4, 0.5) is 8.78 Å². The van der Waals surface area contributed by atoms with Gasteiger partial charge in [-0.3, -0.25) is 15.0 Å². The molecule has 1 aromatic carbocycles. The Labute approximate surface area is 155 Å². The highest BCUT2D eigenvalue weighted by atomic mass is 19.1. The third-order valence-electron chi connectivity index (χ3n) is 5.06. The smallest absolute Gasteiger partial charge is 0.247 e. The van der Waals surface area contributed by atoms with Crippen LogP contribution in [0.5, 0.6) is 0 Å². The standard InChI is InChI=1S/C18H22F2N4O3/c1-8-12(17(26)23-14-7-21-24-18(27)16(8)14)6-15(25)22-9(2)11-4-3-10(19)5-13(11)20/h3-5,9,14,16,18,21,24,27H,6-7H2,1-2H3,(H,22,25)(H,23,26)/t9-,14?,16?,18?/m0/s1. The molecule has 0 radical (unpaired) electrons. The molecule has 27 heavy (non-hydrogen) atoms. The number of amides is 2. The van der Waals surface area contributed by atoms with Crippen molar-refractivity contribution in [1.29, 1.82) is 0 Å². The van der Waals surface area contributed by atoms with Gasteiger partial charge in [-0.2, -0.15) is 0 Å². The average Bonchev–Trinajstić information content (AvgIpc) is 2.58. The number of hydrogen-bond donors (Lipinski definition) is 5. The number of rotatable bonds is 4. The van der Waals surface area contributed by atoms with Crippen molar-refractivity contribution in [3.63, 3.8) is 0 Å². The predicted octanol–water partition coefficient (Wildman–Crippen LogP) is 0.389. The van der Waals surface area contributed by atoms with Gasteiger partial charge in [0.05, 0.1) is 18.5 Å². The lowest BCUT2D eigenvalue weighted by Gasteiger charge is -2.41. The number of aliphatic hydroxyl groups is 1. The summed E-state index contributed by atoms with van der Waals surface area (Å²) in [4.78, 5) is 24.8. The summed E-state index contributed by atoms with van der Waals surface area (Å²) in [7, 11) is 0. The molecule has 2 aliphatic rings. The van der Waals surface area contributed by atoms with Crippen molar-refractivity contribution in [2.45, 2.75) is 38.6 Å². The molecule has 4 atom stereocenters. The summed E-state index contributed by atoms with van der Waals surface area (Å²) in [6.07, 6.45) is -1.09. The Bertz CT molecular complexity index is 799. The fourth-order valence-corrected chi connectivity index (χ4v) is 3.63. The number of carbonyl (C=O) groups excluding carboxylic acids is 2. The second kappa shape index (κ2) is 7.71. The summed E-state index contributed by atoms with van der Waals surface area (Å²) in [5.41, 5.74) is 6.59. The molecule has 0 aromatic heterocycles. The average molecular weight is 380 g/mol. The van der Waals surface area contributed by atoms with Gasteiger partial charge in [0.2, 0.25) is 11.8 Å². The van der Waals surface area contributed by atoms with Crippen molar-refractivity contribution >= 4 is 11.8 Å². The Balaban J connectivity index is 1.72. The highest BCUT2D eigenvalue weighted by molar-refractivity contribution is 6.00. The van der Waals surface area contributed by atoms with Crippen LogP contribution in [0.1, 0.15) is 31.9 Å². The Morgan fingerprint density at radius 3 is 2.85 bits per heavy atom. The van der Waals surface area contributed by atoms with Crippen LogP contribution in [-0.2, 0) is 9.59 Å². The van der Waals surface area contributed by atoms with E-state index in [1.165, 1.54) is 6.07 Å². The van der Waals surface area contributed by atoms with E-state index in [0.29, 0.717) is 12.1 Å². The summed E-state index contributed by atoms with van der Waals surface area (Å²) in [6.45, 7) is 3.75. The number of hydrazine groups is 1. The van der Waals surface area contributed by atoms with Crippen LogP contribution >= 0.6 is 0 Å². The maximum absolute atomic E-state index is 13.9. The molecule has 2 aliphatic heterocycles. The minimum Gasteiger partial charge on any atom is -0.377 e. The summed E-state index contributed by atoms with van der Waals surface area (Å²) in [5, 5.41) is 15.5. The van der Waals surface area contributed by atoms with Gasteiger partial charge in [-0.15, -0.1) is 0 Å². The van der Waals surface area contributed by atoms with Crippen LogP contribution in [0.3, 0.4) is 0 Å². The summed E-state index contributed by atoms with van der Waals surface area (Å²) >= 11 is 0. The Morgan fingerprint density at radius 2 is 2.15 bits per heavy atom. The van der Waals surface area contributed by atoms with Crippen LogP contribution < -0.4 is 21.5 Å². The van der Waals surface area contributed by atoms with E-state index >= 15 is 0 Å². The molecule has 3 rings (SSSR count). The minimum atomic E-state index is -0.894. The molecule has 0 bridgehead atoms. The zero-order valence-electron chi connectivity index (χ0n) is 15.0. The molecule has 2 heterocycles. The predicted molar refractivity (Wildman–Crippen MR) is 92.8 cm³/mol. The molecule has 9 heteroatoms. The van der Waals surface area contributed by atoms with Gasteiger partial charge in [0.25, 0.3) is 0 Å². The van der Waals surface area contributed by atoms with Gasteiger partial charge in [0.1, 0.15) is 17.9 Å². The Hall–Kier alpha value is -2.36. The van der Waals surface area contributed by atoms with E-state index in [4.69, 9.17) is 0 Å². The molecule has 1 saturated heterocycles. The largest absolute Gasteiger partial charge is 0.377 e. The first-order valence-corrected chi connectivity index (χ1v) is 8.69. The number of hydrogen-bond acceptors (Lipinski definition) is 5. The van der Waals surface area contributed by atoms with Crippen molar-refractivity contribution in [2.24, 2.45) is 5.92 Å². The van der Waals surface area contributed by atoms with Crippen LogP contribution in [0.15, 0.2) is 29.3 Å². The van der Waals surface area contributed by atoms with Crippen molar-refractivity contribution in [1.82, 2.24) is 21.5 Å². The zero-order chi connectivity index (χ0) is 19.7. The number of benzene rings is 1. The van der Waals surface area contributed by atoms with E-state index in [1.807, 2.05) is 0 Å². The van der Waals surface area contributed by atoms with Gasteiger partial charge >= 0.3 is 0 Å². The highest BCUT2D eigenvalue weighted by Crippen LogP contribution is 2.29. The molecular weight excluding hydrogens is 358 g/mol. The van der Waals surface area contributed by atoms with E-state index in [2.05, 4.69) is 21.5 Å². The first-order valence-electron chi connectivity index (χ1n) is 8.69. The fraction of sp³-hybridized carbons (Fsp3) is 0.444. The van der Waals surface area contributed by atoms with E-state index in [-0.39, 0.29) is 35.4 Å². The molecule has 0 aliphatic carbocycles. The number of aliphatic hydroxyl groups excluding tert-OH is 1. The SMILES string of the molecule is CC1=C(CC(=O)N[C@@H](C)c2ccc(F)cc2F)C(=O)NC2CNNC(O)C12. The molecule has 1 aromatic rings. The molecule has 146 valence electrons. The zero-order valence-corrected chi connectivity index (χ0v) is 15.0. The molecule has 5 N–H and O–H groups in total. The number of fused-ring (bicyclic) bond motifs is 1. The summed E-state index contributed by atoms with van der Waals surface area (Å²) < 4.78 is 26.9. The van der Waals surface area contributed by atoms with Crippen LogP contribution in [0.25, 0.3) is 0 Å². The molecular formula is C18H22F2N4O3.